The summed E-state index contributed by atoms with van der Waals surface area (Å²) in [5, 5.41) is 7.23. The second-order valence-corrected chi connectivity index (χ2v) is 6.13. The van der Waals surface area contributed by atoms with Gasteiger partial charge >= 0.3 is 0 Å². The Balaban J connectivity index is 1.80. The van der Waals surface area contributed by atoms with E-state index in [2.05, 4.69) is 15.5 Å². The molecule has 0 bridgehead atoms. The summed E-state index contributed by atoms with van der Waals surface area (Å²) < 4.78 is 5.01. The highest BCUT2D eigenvalue weighted by Gasteiger charge is 2.23. The van der Waals surface area contributed by atoms with E-state index >= 15 is 0 Å². The van der Waals surface area contributed by atoms with Gasteiger partial charge in [-0.1, -0.05) is 5.16 Å². The predicted octanol–water partition coefficient (Wildman–Crippen LogP) is 1.82. The molecule has 2 aromatic rings. The fourth-order valence-electron chi connectivity index (χ4n) is 2.42. The average molecular weight is 292 g/mol. The first kappa shape index (κ1) is 13.3. The molecule has 20 heavy (non-hydrogen) atoms. The maximum atomic E-state index is 12.2. The second-order valence-electron chi connectivity index (χ2n) is 5.05. The smallest absolute Gasteiger partial charge is 0.262 e. The van der Waals surface area contributed by atoms with Gasteiger partial charge < -0.3 is 10.3 Å². The number of nitrogens with two attached hydrogens (primary N) is 1. The molecule has 1 aliphatic carbocycles. The molecule has 0 unspecified atom stereocenters. The van der Waals surface area contributed by atoms with Crippen LogP contribution in [0.2, 0.25) is 0 Å². The highest BCUT2D eigenvalue weighted by Crippen LogP contribution is 2.29. The van der Waals surface area contributed by atoms with Crippen molar-refractivity contribution in [3.8, 4) is 0 Å². The zero-order valence-electron chi connectivity index (χ0n) is 11.4. The third kappa shape index (κ3) is 2.34. The summed E-state index contributed by atoms with van der Waals surface area (Å²) in [5.74, 6) is 0.292. The molecule has 0 spiro atoms. The highest BCUT2D eigenvalue weighted by molar-refractivity contribution is 7.15. The van der Waals surface area contributed by atoms with Crippen molar-refractivity contribution < 1.29 is 9.32 Å². The van der Waals surface area contributed by atoms with Crippen LogP contribution in [0.25, 0.3) is 0 Å². The Labute approximate surface area is 120 Å². The monoisotopic (exact) mass is 292 g/mol. The number of hydrogen-bond donors (Lipinski definition) is 2. The van der Waals surface area contributed by atoms with E-state index in [1.165, 1.54) is 16.2 Å². The zero-order chi connectivity index (χ0) is 14.3. The number of nitrogens with one attached hydrogen (secondary N) is 1. The fourth-order valence-corrected chi connectivity index (χ4v) is 3.52. The van der Waals surface area contributed by atoms with Gasteiger partial charge in [0.2, 0.25) is 0 Å². The van der Waals surface area contributed by atoms with Gasteiger partial charge in [0.25, 0.3) is 5.91 Å². The van der Waals surface area contributed by atoms with Crippen molar-refractivity contribution in [3.63, 3.8) is 0 Å². The highest BCUT2D eigenvalue weighted by atomic mass is 32.1. The minimum absolute atomic E-state index is 0.203. The minimum Gasteiger partial charge on any atom is -0.361 e. The van der Waals surface area contributed by atoms with Crippen molar-refractivity contribution in [3.05, 3.63) is 27.6 Å². The van der Waals surface area contributed by atoms with Crippen LogP contribution in [0.3, 0.4) is 0 Å². The number of hydrogen-bond acceptors (Lipinski definition) is 6. The SMILES string of the molecule is Cc1noc(C)c1C(=O)Nc1nc2c(s1)C[C@@H](N)CC2. The summed E-state index contributed by atoms with van der Waals surface area (Å²) >= 11 is 1.50. The molecule has 1 atom stereocenters. The van der Waals surface area contributed by atoms with Crippen molar-refractivity contribution in [2.24, 2.45) is 5.73 Å². The number of amides is 1. The number of carbonyl (C=O) groups excluding carboxylic acids is 1. The summed E-state index contributed by atoms with van der Waals surface area (Å²) in [6, 6.07) is 0.203. The van der Waals surface area contributed by atoms with Gasteiger partial charge in [-0.3, -0.25) is 10.1 Å². The summed E-state index contributed by atoms with van der Waals surface area (Å²) in [6.07, 6.45) is 2.68. The van der Waals surface area contributed by atoms with E-state index in [0.717, 1.165) is 25.0 Å². The molecule has 1 amide bonds. The molecule has 6 nitrogen and oxygen atoms in total. The van der Waals surface area contributed by atoms with E-state index in [-0.39, 0.29) is 11.9 Å². The van der Waals surface area contributed by atoms with Crippen molar-refractivity contribution in [2.45, 2.75) is 39.2 Å². The fraction of sp³-hybridized carbons (Fsp3) is 0.462. The standard InChI is InChI=1S/C13H16N4O2S/c1-6-11(7(2)19-17-6)12(18)16-13-15-9-4-3-8(14)5-10(9)20-13/h8H,3-5,14H2,1-2H3,(H,15,16,18)/t8-/m0/s1. The van der Waals surface area contributed by atoms with Gasteiger partial charge in [0.1, 0.15) is 11.3 Å². The van der Waals surface area contributed by atoms with Gasteiger partial charge in [-0.2, -0.15) is 0 Å². The Hall–Kier alpha value is -1.73. The Kier molecular flexibility index (Phi) is 3.31. The third-order valence-corrected chi connectivity index (χ3v) is 4.49. The number of carbonyl (C=O) groups is 1. The first-order valence-corrected chi connectivity index (χ1v) is 7.34. The molecule has 0 radical (unpaired) electrons. The molecule has 0 aliphatic heterocycles. The Morgan fingerprint density at radius 3 is 3.00 bits per heavy atom. The summed E-state index contributed by atoms with van der Waals surface area (Å²) in [5.41, 5.74) is 8.08. The van der Waals surface area contributed by atoms with Crippen LogP contribution in [0.5, 0.6) is 0 Å². The maximum Gasteiger partial charge on any atom is 0.262 e. The van der Waals surface area contributed by atoms with E-state index in [1.807, 2.05) is 0 Å². The van der Waals surface area contributed by atoms with Gasteiger partial charge in [-0.15, -0.1) is 11.3 Å². The Bertz CT molecular complexity index is 642. The topological polar surface area (TPSA) is 94.0 Å². The van der Waals surface area contributed by atoms with Crippen LogP contribution in [-0.2, 0) is 12.8 Å². The molecule has 3 N–H and O–H groups in total. The van der Waals surface area contributed by atoms with Crippen molar-refractivity contribution in [1.82, 2.24) is 10.1 Å². The average Bonchev–Trinajstić information content (AvgIpc) is 2.92. The number of thiazole rings is 1. The van der Waals surface area contributed by atoms with E-state index in [1.54, 1.807) is 13.8 Å². The molecular weight excluding hydrogens is 276 g/mol. The largest absolute Gasteiger partial charge is 0.361 e. The molecule has 1 aliphatic rings. The Morgan fingerprint density at radius 2 is 2.30 bits per heavy atom. The zero-order valence-corrected chi connectivity index (χ0v) is 12.2. The lowest BCUT2D eigenvalue weighted by molar-refractivity contribution is 0.102. The van der Waals surface area contributed by atoms with Crippen LogP contribution in [0, 0.1) is 13.8 Å². The number of anilines is 1. The van der Waals surface area contributed by atoms with Gasteiger partial charge in [0.05, 0.1) is 11.4 Å². The molecule has 0 saturated heterocycles. The minimum atomic E-state index is -0.225. The van der Waals surface area contributed by atoms with Gasteiger partial charge in [-0.25, -0.2) is 4.98 Å². The predicted molar refractivity (Wildman–Crippen MR) is 76.0 cm³/mol. The third-order valence-electron chi connectivity index (χ3n) is 3.46. The molecule has 3 rings (SSSR count). The first-order chi connectivity index (χ1) is 9.54. The summed E-state index contributed by atoms with van der Waals surface area (Å²) in [7, 11) is 0. The van der Waals surface area contributed by atoms with Crippen molar-refractivity contribution in [1.29, 1.82) is 0 Å². The molecule has 106 valence electrons. The summed E-state index contributed by atoms with van der Waals surface area (Å²) in [4.78, 5) is 17.9. The number of rotatable bonds is 2. The van der Waals surface area contributed by atoms with Crippen LogP contribution < -0.4 is 11.1 Å². The van der Waals surface area contributed by atoms with Crippen LogP contribution >= 0.6 is 11.3 Å². The molecule has 0 fully saturated rings. The normalized spacial score (nSPS) is 17.9. The van der Waals surface area contributed by atoms with Crippen molar-refractivity contribution >= 4 is 22.4 Å². The van der Waals surface area contributed by atoms with Crippen LogP contribution in [0.4, 0.5) is 5.13 Å². The summed E-state index contributed by atoms with van der Waals surface area (Å²) in [6.45, 7) is 3.47. The van der Waals surface area contributed by atoms with Gasteiger partial charge in [0.15, 0.2) is 5.13 Å². The van der Waals surface area contributed by atoms with E-state index in [4.69, 9.17) is 10.3 Å². The molecule has 2 aromatic heterocycles. The molecule has 0 saturated carbocycles. The molecular formula is C13H16N4O2S. The lowest BCUT2D eigenvalue weighted by Gasteiger charge is -2.15. The van der Waals surface area contributed by atoms with Crippen LogP contribution in [-0.4, -0.2) is 22.1 Å². The number of nitrogens with zero attached hydrogens (tertiary/aromatic N) is 2. The van der Waals surface area contributed by atoms with E-state index in [9.17, 15) is 4.79 Å². The maximum absolute atomic E-state index is 12.2. The quantitative estimate of drug-likeness (QED) is 0.880. The number of fused-ring (bicyclic) bond motifs is 1. The van der Waals surface area contributed by atoms with E-state index in [0.29, 0.717) is 22.1 Å². The second kappa shape index (κ2) is 4.99. The van der Waals surface area contributed by atoms with Crippen LogP contribution in [0.1, 0.15) is 38.8 Å². The molecule has 2 heterocycles. The first-order valence-electron chi connectivity index (χ1n) is 6.53. The van der Waals surface area contributed by atoms with Gasteiger partial charge in [-0.05, 0) is 33.1 Å². The van der Waals surface area contributed by atoms with Crippen molar-refractivity contribution in [2.75, 3.05) is 5.32 Å². The number of aromatic nitrogens is 2. The van der Waals surface area contributed by atoms with E-state index < -0.39 is 0 Å². The van der Waals surface area contributed by atoms with Crippen LogP contribution in [0.15, 0.2) is 4.52 Å². The molecule has 7 heteroatoms. The Morgan fingerprint density at radius 1 is 1.50 bits per heavy atom. The lowest BCUT2D eigenvalue weighted by atomic mass is 9.99. The van der Waals surface area contributed by atoms with Gasteiger partial charge in [0, 0.05) is 10.9 Å². The molecule has 0 aromatic carbocycles. The number of aryl methyl sites for hydroxylation is 3. The lowest BCUT2D eigenvalue weighted by Crippen LogP contribution is -2.27.